The Kier molecular flexibility index (Phi) is 5.56. The maximum absolute atomic E-state index is 12.9. The molecule has 2 heterocycles. The van der Waals surface area contributed by atoms with E-state index in [0.717, 1.165) is 41.0 Å². The van der Waals surface area contributed by atoms with E-state index in [0.29, 0.717) is 25.9 Å². The molecule has 0 bridgehead atoms. The SMILES string of the molecule is Cc1ccc(C(=O)C2CCN(C(=O)CCc3ccc4c(c3)OCO4)CC2)c(C)c1. The van der Waals surface area contributed by atoms with Gasteiger partial charge in [0.15, 0.2) is 17.3 Å². The highest BCUT2D eigenvalue weighted by Gasteiger charge is 2.28. The van der Waals surface area contributed by atoms with Crippen molar-refractivity contribution in [3.05, 3.63) is 58.7 Å². The molecule has 5 nitrogen and oxygen atoms in total. The standard InChI is InChI=1S/C24H27NO4/c1-16-3-6-20(17(2)13-16)24(27)19-9-11-25(12-10-19)23(26)8-5-18-4-7-21-22(14-18)29-15-28-21/h3-4,6-7,13-14,19H,5,8-12,15H2,1-2H3. The molecule has 1 fully saturated rings. The minimum Gasteiger partial charge on any atom is -0.454 e. The summed E-state index contributed by atoms with van der Waals surface area (Å²) < 4.78 is 10.7. The minimum absolute atomic E-state index is 0.00863. The van der Waals surface area contributed by atoms with E-state index in [1.54, 1.807) is 0 Å². The van der Waals surface area contributed by atoms with Gasteiger partial charge in [0, 0.05) is 31.0 Å². The van der Waals surface area contributed by atoms with Gasteiger partial charge < -0.3 is 14.4 Å². The van der Waals surface area contributed by atoms with Crippen LogP contribution in [0, 0.1) is 19.8 Å². The maximum atomic E-state index is 12.9. The van der Waals surface area contributed by atoms with Crippen LogP contribution in [-0.2, 0) is 11.2 Å². The van der Waals surface area contributed by atoms with E-state index in [4.69, 9.17) is 9.47 Å². The van der Waals surface area contributed by atoms with Crippen LogP contribution in [0.15, 0.2) is 36.4 Å². The van der Waals surface area contributed by atoms with Gasteiger partial charge in [0.2, 0.25) is 12.7 Å². The van der Waals surface area contributed by atoms with Gasteiger partial charge in [-0.25, -0.2) is 0 Å². The van der Waals surface area contributed by atoms with Crippen LogP contribution in [0.3, 0.4) is 0 Å². The fourth-order valence-corrected chi connectivity index (χ4v) is 4.21. The molecule has 0 N–H and O–H groups in total. The van der Waals surface area contributed by atoms with E-state index >= 15 is 0 Å². The molecule has 1 saturated heterocycles. The van der Waals surface area contributed by atoms with Crippen molar-refractivity contribution in [2.24, 2.45) is 5.92 Å². The van der Waals surface area contributed by atoms with Gasteiger partial charge in [-0.3, -0.25) is 9.59 Å². The molecule has 152 valence electrons. The number of carbonyl (C=O) groups is 2. The Labute approximate surface area is 171 Å². The summed E-state index contributed by atoms with van der Waals surface area (Å²) >= 11 is 0. The molecule has 1 amide bonds. The number of likely N-dealkylation sites (tertiary alicyclic amines) is 1. The summed E-state index contributed by atoms with van der Waals surface area (Å²) in [6.45, 7) is 5.60. The van der Waals surface area contributed by atoms with Gasteiger partial charge in [-0.2, -0.15) is 0 Å². The lowest BCUT2D eigenvalue weighted by atomic mass is 9.87. The summed E-state index contributed by atoms with van der Waals surface area (Å²) in [7, 11) is 0. The molecule has 2 aliphatic rings. The van der Waals surface area contributed by atoms with E-state index in [-0.39, 0.29) is 24.4 Å². The Hall–Kier alpha value is -2.82. The van der Waals surface area contributed by atoms with Crippen molar-refractivity contribution in [1.29, 1.82) is 0 Å². The summed E-state index contributed by atoms with van der Waals surface area (Å²) in [5, 5.41) is 0. The van der Waals surface area contributed by atoms with Gasteiger partial charge >= 0.3 is 0 Å². The lowest BCUT2D eigenvalue weighted by Crippen LogP contribution is -2.40. The summed E-state index contributed by atoms with van der Waals surface area (Å²) in [6.07, 6.45) is 2.62. The fourth-order valence-electron chi connectivity index (χ4n) is 4.21. The molecule has 0 atom stereocenters. The van der Waals surface area contributed by atoms with E-state index < -0.39 is 0 Å². The predicted octanol–water partition coefficient (Wildman–Crippen LogP) is 4.09. The molecule has 29 heavy (non-hydrogen) atoms. The number of hydrogen-bond acceptors (Lipinski definition) is 4. The van der Waals surface area contributed by atoms with Gasteiger partial charge in [0.1, 0.15) is 0 Å². The number of piperidine rings is 1. The largest absolute Gasteiger partial charge is 0.454 e. The van der Waals surface area contributed by atoms with E-state index in [1.165, 1.54) is 5.56 Å². The molecule has 0 saturated carbocycles. The lowest BCUT2D eigenvalue weighted by Gasteiger charge is -2.31. The normalized spacial score (nSPS) is 16.1. The number of aryl methyl sites for hydroxylation is 3. The zero-order chi connectivity index (χ0) is 20.4. The number of nitrogens with zero attached hydrogens (tertiary/aromatic N) is 1. The molecule has 2 aliphatic heterocycles. The van der Waals surface area contributed by atoms with Gasteiger partial charge in [0.25, 0.3) is 0 Å². The van der Waals surface area contributed by atoms with E-state index in [1.807, 2.05) is 49.1 Å². The Balaban J connectivity index is 1.28. The number of carbonyl (C=O) groups excluding carboxylic acids is 2. The highest BCUT2D eigenvalue weighted by atomic mass is 16.7. The van der Waals surface area contributed by atoms with Crippen LogP contribution in [-0.4, -0.2) is 36.5 Å². The van der Waals surface area contributed by atoms with Crippen molar-refractivity contribution >= 4 is 11.7 Å². The van der Waals surface area contributed by atoms with Crippen LogP contribution in [0.2, 0.25) is 0 Å². The summed E-state index contributed by atoms with van der Waals surface area (Å²) in [5.74, 6) is 1.89. The quantitative estimate of drug-likeness (QED) is 0.718. The molecular formula is C24H27NO4. The smallest absolute Gasteiger partial charge is 0.231 e. The number of benzene rings is 2. The third-order valence-corrected chi connectivity index (χ3v) is 5.93. The summed E-state index contributed by atoms with van der Waals surface area (Å²) in [6, 6.07) is 11.8. The number of rotatable bonds is 5. The Morgan fingerprint density at radius 2 is 1.76 bits per heavy atom. The first-order chi connectivity index (χ1) is 14.0. The molecule has 0 unspecified atom stereocenters. The molecule has 2 aromatic carbocycles. The minimum atomic E-state index is 0.00863. The van der Waals surface area contributed by atoms with Crippen LogP contribution in [0.4, 0.5) is 0 Å². The zero-order valence-corrected chi connectivity index (χ0v) is 17.1. The van der Waals surface area contributed by atoms with Crippen LogP contribution in [0.5, 0.6) is 11.5 Å². The maximum Gasteiger partial charge on any atom is 0.231 e. The van der Waals surface area contributed by atoms with Crippen LogP contribution < -0.4 is 9.47 Å². The number of Topliss-reactive ketones (excluding diaryl/α,β-unsaturated/α-hetero) is 1. The fraction of sp³-hybridized carbons (Fsp3) is 0.417. The zero-order valence-electron chi connectivity index (χ0n) is 17.1. The van der Waals surface area contributed by atoms with Crippen LogP contribution >= 0.6 is 0 Å². The average Bonchev–Trinajstić information content (AvgIpc) is 3.19. The molecular weight excluding hydrogens is 366 g/mol. The molecule has 2 aromatic rings. The van der Waals surface area contributed by atoms with Gasteiger partial charge in [0.05, 0.1) is 0 Å². The van der Waals surface area contributed by atoms with Crippen molar-refractivity contribution in [3.8, 4) is 11.5 Å². The Morgan fingerprint density at radius 3 is 2.52 bits per heavy atom. The van der Waals surface area contributed by atoms with Crippen molar-refractivity contribution < 1.29 is 19.1 Å². The number of amides is 1. The first-order valence-electron chi connectivity index (χ1n) is 10.3. The Morgan fingerprint density at radius 1 is 1.00 bits per heavy atom. The van der Waals surface area contributed by atoms with Crippen molar-refractivity contribution in [1.82, 2.24) is 4.90 Å². The molecule has 0 spiro atoms. The molecule has 5 heteroatoms. The van der Waals surface area contributed by atoms with Crippen LogP contribution in [0.1, 0.15) is 46.3 Å². The third-order valence-electron chi connectivity index (χ3n) is 5.93. The average molecular weight is 393 g/mol. The second kappa shape index (κ2) is 8.27. The molecule has 0 aliphatic carbocycles. The highest BCUT2D eigenvalue weighted by molar-refractivity contribution is 5.99. The Bertz CT molecular complexity index is 928. The number of fused-ring (bicyclic) bond motifs is 1. The van der Waals surface area contributed by atoms with E-state index in [9.17, 15) is 9.59 Å². The predicted molar refractivity (Wildman–Crippen MR) is 110 cm³/mol. The second-order valence-corrected chi connectivity index (χ2v) is 8.03. The van der Waals surface area contributed by atoms with Crippen molar-refractivity contribution in [3.63, 3.8) is 0 Å². The number of hydrogen-bond donors (Lipinski definition) is 0. The number of ether oxygens (including phenoxy) is 2. The summed E-state index contributed by atoms with van der Waals surface area (Å²) in [5.41, 5.74) is 4.10. The van der Waals surface area contributed by atoms with Gasteiger partial charge in [-0.1, -0.05) is 29.8 Å². The summed E-state index contributed by atoms with van der Waals surface area (Å²) in [4.78, 5) is 27.4. The van der Waals surface area contributed by atoms with Gasteiger partial charge in [-0.05, 0) is 56.4 Å². The van der Waals surface area contributed by atoms with E-state index in [2.05, 4.69) is 6.07 Å². The first kappa shape index (κ1) is 19.5. The number of ketones is 1. The molecule has 0 aromatic heterocycles. The van der Waals surface area contributed by atoms with Crippen molar-refractivity contribution in [2.75, 3.05) is 19.9 Å². The highest BCUT2D eigenvalue weighted by Crippen LogP contribution is 2.33. The third kappa shape index (κ3) is 4.29. The first-order valence-corrected chi connectivity index (χ1v) is 10.3. The monoisotopic (exact) mass is 393 g/mol. The van der Waals surface area contributed by atoms with Crippen molar-refractivity contribution in [2.45, 2.75) is 39.5 Å². The second-order valence-electron chi connectivity index (χ2n) is 8.03. The molecule has 4 rings (SSSR count). The molecule has 0 radical (unpaired) electrons. The topological polar surface area (TPSA) is 55.8 Å². The van der Waals surface area contributed by atoms with Crippen LogP contribution in [0.25, 0.3) is 0 Å². The lowest BCUT2D eigenvalue weighted by molar-refractivity contribution is -0.132. The van der Waals surface area contributed by atoms with Gasteiger partial charge in [-0.15, -0.1) is 0 Å².